The lowest BCUT2D eigenvalue weighted by atomic mass is 9.87. The van der Waals surface area contributed by atoms with Crippen molar-refractivity contribution >= 4 is 27.7 Å². The van der Waals surface area contributed by atoms with E-state index in [-0.39, 0.29) is 50.1 Å². The van der Waals surface area contributed by atoms with Gasteiger partial charge in [0.15, 0.2) is 11.5 Å². The van der Waals surface area contributed by atoms with Crippen molar-refractivity contribution in [1.29, 1.82) is 0 Å². The Hall–Kier alpha value is -4.85. The number of aromatic hydroxyl groups is 2. The van der Waals surface area contributed by atoms with Crippen LogP contribution < -0.4 is 11.3 Å². The summed E-state index contributed by atoms with van der Waals surface area (Å²) in [6.07, 6.45) is 1.62. The van der Waals surface area contributed by atoms with Crippen molar-refractivity contribution in [3.63, 3.8) is 0 Å². The first kappa shape index (κ1) is 24.8. The van der Waals surface area contributed by atoms with E-state index < -0.39 is 23.1 Å². The number of ether oxygens (including phenoxy) is 1. The molecule has 0 bridgehead atoms. The minimum Gasteiger partial charge on any atom is -0.507 e. The Morgan fingerprint density at radius 2 is 1.47 bits per heavy atom. The predicted molar refractivity (Wildman–Crippen MR) is 141 cm³/mol. The van der Waals surface area contributed by atoms with Crippen molar-refractivity contribution in [3.8, 4) is 11.5 Å². The fourth-order valence-electron chi connectivity index (χ4n) is 4.45. The molecule has 38 heavy (non-hydrogen) atoms. The summed E-state index contributed by atoms with van der Waals surface area (Å²) in [5.41, 5.74) is -1.00. The van der Waals surface area contributed by atoms with E-state index in [4.69, 9.17) is 13.6 Å². The number of fused-ring (bicyclic) bond motifs is 2. The molecule has 192 valence electrons. The lowest BCUT2D eigenvalue weighted by Gasteiger charge is -2.19. The summed E-state index contributed by atoms with van der Waals surface area (Å²) >= 11 is 0. The molecule has 2 N–H and O–H groups in total. The molecule has 5 aromatic rings. The largest absolute Gasteiger partial charge is 0.507 e. The Kier molecular flexibility index (Phi) is 6.70. The lowest BCUT2D eigenvalue weighted by Crippen LogP contribution is -2.17. The van der Waals surface area contributed by atoms with E-state index in [0.717, 1.165) is 12.8 Å². The summed E-state index contributed by atoms with van der Waals surface area (Å²) in [5, 5.41) is 23.1. The van der Waals surface area contributed by atoms with Gasteiger partial charge in [0.05, 0.1) is 34.4 Å². The van der Waals surface area contributed by atoms with E-state index in [1.165, 1.54) is 18.2 Å². The molecule has 0 amide bonds. The van der Waals surface area contributed by atoms with Gasteiger partial charge in [-0.1, -0.05) is 55.8 Å². The summed E-state index contributed by atoms with van der Waals surface area (Å²) < 4.78 is 16.3. The summed E-state index contributed by atoms with van der Waals surface area (Å²) in [7, 11) is 0. The molecule has 5 rings (SSSR count). The average Bonchev–Trinajstić information content (AvgIpc) is 2.93. The van der Waals surface area contributed by atoms with Crippen molar-refractivity contribution in [2.75, 3.05) is 6.61 Å². The molecule has 0 aliphatic carbocycles. The minimum atomic E-state index is -1.24. The quantitative estimate of drug-likeness (QED) is 0.167. The van der Waals surface area contributed by atoms with Crippen LogP contribution in [0.15, 0.2) is 91.2 Å². The number of para-hydroxylation sites is 1. The maximum atomic E-state index is 13.2. The maximum Gasteiger partial charge on any atom is 0.344 e. The van der Waals surface area contributed by atoms with Crippen LogP contribution in [0.1, 0.15) is 52.9 Å². The molecule has 2 heterocycles. The molecule has 3 aromatic carbocycles. The first-order valence-electron chi connectivity index (χ1n) is 12.2. The molecule has 8 heteroatoms. The Morgan fingerprint density at radius 1 is 0.816 bits per heavy atom. The van der Waals surface area contributed by atoms with Crippen LogP contribution in [0.4, 0.5) is 0 Å². The van der Waals surface area contributed by atoms with E-state index in [0.29, 0.717) is 12.2 Å². The second-order valence-electron chi connectivity index (χ2n) is 8.84. The Balaban J connectivity index is 1.73. The van der Waals surface area contributed by atoms with Gasteiger partial charge in [0, 0.05) is 5.39 Å². The fourth-order valence-corrected chi connectivity index (χ4v) is 4.45. The molecule has 0 radical (unpaired) electrons. The molecule has 0 saturated carbocycles. The van der Waals surface area contributed by atoms with Crippen LogP contribution in [0.3, 0.4) is 0 Å². The van der Waals surface area contributed by atoms with Gasteiger partial charge in [0.2, 0.25) is 0 Å². The molecule has 1 unspecified atom stereocenters. The zero-order chi connectivity index (χ0) is 26.8. The number of carbonyl (C=O) groups is 1. The molecular weight excluding hydrogens is 488 g/mol. The van der Waals surface area contributed by atoms with Crippen LogP contribution in [-0.4, -0.2) is 22.8 Å². The minimum absolute atomic E-state index is 0.160. The smallest absolute Gasteiger partial charge is 0.344 e. The number of benzene rings is 3. The van der Waals surface area contributed by atoms with Crippen molar-refractivity contribution in [2.24, 2.45) is 0 Å². The molecular formula is C30H24O8. The monoisotopic (exact) mass is 512 g/mol. The van der Waals surface area contributed by atoms with E-state index in [1.54, 1.807) is 54.6 Å². The molecule has 0 aliphatic rings. The average molecular weight is 513 g/mol. The molecule has 0 spiro atoms. The number of unbranched alkanes of at least 4 members (excludes halogenated alkanes) is 1. The zero-order valence-corrected chi connectivity index (χ0v) is 20.5. The third kappa shape index (κ3) is 4.41. The first-order valence-corrected chi connectivity index (χ1v) is 12.2. The van der Waals surface area contributed by atoms with Crippen LogP contribution in [0.5, 0.6) is 11.5 Å². The van der Waals surface area contributed by atoms with Gasteiger partial charge in [-0.15, -0.1) is 0 Å². The highest BCUT2D eigenvalue weighted by Crippen LogP contribution is 2.42. The first-order chi connectivity index (χ1) is 18.4. The standard InChI is InChI=1S/C30H24O8/c1-2-3-16-36-28(33)18-14-12-17(13-15-18)23(24-25(31)21-10-6-7-11-22(21)37-30(24)35)27-26(32)19-8-4-5-9-20(19)29(34)38-27/h4-15,23,31-32H,2-3,16H2,1H3. The van der Waals surface area contributed by atoms with E-state index in [9.17, 15) is 24.6 Å². The maximum absolute atomic E-state index is 13.2. The van der Waals surface area contributed by atoms with Gasteiger partial charge >= 0.3 is 17.2 Å². The second kappa shape index (κ2) is 10.3. The van der Waals surface area contributed by atoms with Crippen molar-refractivity contribution in [3.05, 3.63) is 116 Å². The van der Waals surface area contributed by atoms with Crippen LogP contribution >= 0.6 is 0 Å². The fraction of sp³-hybridized carbons (Fsp3) is 0.167. The normalized spacial score (nSPS) is 12.0. The Labute approximate surface area is 216 Å². The van der Waals surface area contributed by atoms with Gasteiger partial charge in [-0.3, -0.25) is 0 Å². The molecule has 0 saturated heterocycles. The van der Waals surface area contributed by atoms with Crippen LogP contribution in [-0.2, 0) is 4.74 Å². The van der Waals surface area contributed by atoms with Crippen molar-refractivity contribution in [2.45, 2.75) is 25.7 Å². The molecule has 0 aliphatic heterocycles. The third-order valence-corrected chi connectivity index (χ3v) is 6.42. The number of rotatable bonds is 7. The number of hydrogen-bond donors (Lipinski definition) is 2. The Morgan fingerprint density at radius 3 is 2.18 bits per heavy atom. The second-order valence-corrected chi connectivity index (χ2v) is 8.84. The molecule has 8 nitrogen and oxygen atoms in total. The summed E-state index contributed by atoms with van der Waals surface area (Å²) in [6, 6.07) is 18.9. The summed E-state index contributed by atoms with van der Waals surface area (Å²) in [5.74, 6) is -2.72. The van der Waals surface area contributed by atoms with Gasteiger partial charge < -0.3 is 23.8 Å². The zero-order valence-electron chi connectivity index (χ0n) is 20.5. The van der Waals surface area contributed by atoms with E-state index in [2.05, 4.69) is 0 Å². The van der Waals surface area contributed by atoms with Gasteiger partial charge in [-0.25, -0.2) is 14.4 Å². The predicted octanol–water partition coefficient (Wildman–Crippen LogP) is 5.45. The lowest BCUT2D eigenvalue weighted by molar-refractivity contribution is 0.0499. The van der Waals surface area contributed by atoms with Gasteiger partial charge in [0.25, 0.3) is 0 Å². The van der Waals surface area contributed by atoms with Crippen LogP contribution in [0.2, 0.25) is 0 Å². The topological polar surface area (TPSA) is 127 Å². The van der Waals surface area contributed by atoms with Crippen LogP contribution in [0, 0.1) is 0 Å². The molecule has 0 fully saturated rings. The highest BCUT2D eigenvalue weighted by atomic mass is 16.5. The van der Waals surface area contributed by atoms with Crippen LogP contribution in [0.25, 0.3) is 21.7 Å². The third-order valence-electron chi connectivity index (χ3n) is 6.42. The van der Waals surface area contributed by atoms with E-state index >= 15 is 0 Å². The van der Waals surface area contributed by atoms with Gasteiger partial charge in [-0.2, -0.15) is 0 Å². The summed E-state index contributed by atoms with van der Waals surface area (Å²) in [4.78, 5) is 38.5. The SMILES string of the molecule is CCCCOC(=O)c1ccc(C(c2oc(=O)c3ccccc3c2O)c2c(O)c3ccccc3oc2=O)cc1. The highest BCUT2D eigenvalue weighted by molar-refractivity contribution is 5.90. The molecule has 1 atom stereocenters. The van der Waals surface area contributed by atoms with Gasteiger partial charge in [-0.05, 0) is 42.3 Å². The van der Waals surface area contributed by atoms with Crippen molar-refractivity contribution in [1.82, 2.24) is 0 Å². The number of carbonyl (C=O) groups excluding carboxylic acids is 1. The highest BCUT2D eigenvalue weighted by Gasteiger charge is 2.32. The summed E-state index contributed by atoms with van der Waals surface area (Å²) in [6.45, 7) is 2.28. The number of hydrogen-bond acceptors (Lipinski definition) is 8. The van der Waals surface area contributed by atoms with Crippen molar-refractivity contribution < 1.29 is 28.6 Å². The van der Waals surface area contributed by atoms with E-state index in [1.807, 2.05) is 6.92 Å². The van der Waals surface area contributed by atoms with Gasteiger partial charge in [0.1, 0.15) is 11.3 Å². The Bertz CT molecular complexity index is 1760. The molecule has 2 aromatic heterocycles. The number of esters is 1.